The number of terminal acetylenes is 1. The fraction of sp³-hybridized carbons (Fsp3) is 0.500. The van der Waals surface area contributed by atoms with Crippen LogP contribution in [0.15, 0.2) is 0 Å². The third-order valence-electron chi connectivity index (χ3n) is 0.764. The molecule has 0 amide bonds. The molecule has 1 atom stereocenters. The molecule has 0 saturated heterocycles. The SMILES string of the molecule is C#CCO[C@@H](C)C(=O)O. The standard InChI is InChI=1S/C6H8O3/c1-3-4-9-5(2)6(7)8/h1,5H,4H2,2H3,(H,7,8)/t5-/m0/s1. The van der Waals surface area contributed by atoms with Gasteiger partial charge < -0.3 is 9.84 Å². The molecule has 0 fully saturated rings. The molecule has 0 radical (unpaired) electrons. The molecule has 9 heavy (non-hydrogen) atoms. The average Bonchev–Trinajstić information content (AvgIpc) is 1.82. The van der Waals surface area contributed by atoms with Crippen LogP contribution in [0.3, 0.4) is 0 Å². The van der Waals surface area contributed by atoms with Crippen LogP contribution in [0.2, 0.25) is 0 Å². The van der Waals surface area contributed by atoms with Crippen LogP contribution in [0.1, 0.15) is 6.92 Å². The molecule has 3 nitrogen and oxygen atoms in total. The van der Waals surface area contributed by atoms with Gasteiger partial charge in [0.1, 0.15) is 6.61 Å². The maximum absolute atomic E-state index is 10.0. The Kier molecular flexibility index (Phi) is 3.49. The quantitative estimate of drug-likeness (QED) is 0.549. The van der Waals surface area contributed by atoms with E-state index in [-0.39, 0.29) is 6.61 Å². The Morgan fingerprint density at radius 1 is 2.00 bits per heavy atom. The second-order valence-corrected chi connectivity index (χ2v) is 1.50. The Morgan fingerprint density at radius 3 is 2.89 bits per heavy atom. The summed E-state index contributed by atoms with van der Waals surface area (Å²) in [6, 6.07) is 0. The lowest BCUT2D eigenvalue weighted by atomic mass is 10.4. The first kappa shape index (κ1) is 7.99. The minimum absolute atomic E-state index is 0.0491. The lowest BCUT2D eigenvalue weighted by Gasteiger charge is -2.02. The zero-order valence-electron chi connectivity index (χ0n) is 5.13. The van der Waals surface area contributed by atoms with Crippen molar-refractivity contribution in [3.8, 4) is 12.3 Å². The van der Waals surface area contributed by atoms with Crippen LogP contribution in [0, 0.1) is 12.3 Å². The van der Waals surface area contributed by atoms with Crippen LogP contribution >= 0.6 is 0 Å². The van der Waals surface area contributed by atoms with Crippen molar-refractivity contribution in [1.82, 2.24) is 0 Å². The fourth-order valence-electron chi connectivity index (χ4n) is 0.244. The van der Waals surface area contributed by atoms with Crippen LogP contribution in [-0.4, -0.2) is 23.8 Å². The molecule has 0 rings (SSSR count). The van der Waals surface area contributed by atoms with E-state index in [0.29, 0.717) is 0 Å². The van der Waals surface area contributed by atoms with Crippen molar-refractivity contribution < 1.29 is 14.6 Å². The van der Waals surface area contributed by atoms with Crippen LogP contribution < -0.4 is 0 Å². The molecule has 0 aliphatic heterocycles. The summed E-state index contributed by atoms with van der Waals surface area (Å²) < 4.78 is 4.62. The molecule has 0 spiro atoms. The Bertz CT molecular complexity index is 134. The molecule has 0 bridgehead atoms. The minimum atomic E-state index is -0.995. The van der Waals surface area contributed by atoms with E-state index < -0.39 is 12.1 Å². The summed E-state index contributed by atoms with van der Waals surface area (Å²) in [7, 11) is 0. The van der Waals surface area contributed by atoms with Gasteiger partial charge in [-0.05, 0) is 6.92 Å². The van der Waals surface area contributed by atoms with Gasteiger partial charge in [0.15, 0.2) is 6.10 Å². The molecule has 0 aromatic heterocycles. The van der Waals surface area contributed by atoms with Gasteiger partial charge in [0, 0.05) is 0 Å². The average molecular weight is 128 g/mol. The second kappa shape index (κ2) is 3.93. The van der Waals surface area contributed by atoms with Crippen molar-refractivity contribution in [2.45, 2.75) is 13.0 Å². The molecular formula is C6H8O3. The normalized spacial score (nSPS) is 12.0. The summed E-state index contributed by atoms with van der Waals surface area (Å²) >= 11 is 0. The smallest absolute Gasteiger partial charge is 0.332 e. The van der Waals surface area contributed by atoms with Gasteiger partial charge in [-0.15, -0.1) is 6.42 Å². The van der Waals surface area contributed by atoms with Crippen LogP contribution in [0.5, 0.6) is 0 Å². The fourth-order valence-corrected chi connectivity index (χ4v) is 0.244. The van der Waals surface area contributed by atoms with Gasteiger partial charge in [0.2, 0.25) is 0 Å². The highest BCUT2D eigenvalue weighted by molar-refractivity contribution is 5.71. The maximum atomic E-state index is 10.0. The van der Waals surface area contributed by atoms with Crippen LogP contribution in [0.25, 0.3) is 0 Å². The van der Waals surface area contributed by atoms with Gasteiger partial charge in [-0.2, -0.15) is 0 Å². The van der Waals surface area contributed by atoms with Crippen molar-refractivity contribution in [3.63, 3.8) is 0 Å². The van der Waals surface area contributed by atoms with Gasteiger partial charge in [-0.3, -0.25) is 0 Å². The Balaban J connectivity index is 3.41. The number of aliphatic carboxylic acids is 1. The lowest BCUT2D eigenvalue weighted by molar-refractivity contribution is -0.148. The number of carbonyl (C=O) groups is 1. The Labute approximate surface area is 53.6 Å². The predicted molar refractivity (Wildman–Crippen MR) is 31.9 cm³/mol. The van der Waals surface area contributed by atoms with E-state index in [1.165, 1.54) is 6.92 Å². The second-order valence-electron chi connectivity index (χ2n) is 1.50. The Hall–Kier alpha value is -1.01. The maximum Gasteiger partial charge on any atom is 0.332 e. The van der Waals surface area contributed by atoms with E-state index in [1.807, 2.05) is 0 Å². The molecule has 3 heteroatoms. The van der Waals surface area contributed by atoms with Crippen molar-refractivity contribution in [2.24, 2.45) is 0 Å². The summed E-state index contributed by atoms with van der Waals surface area (Å²) in [5.41, 5.74) is 0. The Morgan fingerprint density at radius 2 is 2.56 bits per heavy atom. The molecule has 0 aromatic rings. The molecule has 0 aliphatic rings. The number of hydrogen-bond donors (Lipinski definition) is 1. The topological polar surface area (TPSA) is 46.5 Å². The molecule has 0 unspecified atom stereocenters. The number of rotatable bonds is 3. The number of ether oxygens (including phenoxy) is 1. The molecular weight excluding hydrogens is 120 g/mol. The lowest BCUT2D eigenvalue weighted by Crippen LogP contribution is -2.19. The van der Waals surface area contributed by atoms with E-state index in [4.69, 9.17) is 11.5 Å². The summed E-state index contributed by atoms with van der Waals surface area (Å²) in [5, 5.41) is 8.22. The van der Waals surface area contributed by atoms with Gasteiger partial charge in [-0.1, -0.05) is 5.92 Å². The highest BCUT2D eigenvalue weighted by Crippen LogP contribution is 1.87. The van der Waals surface area contributed by atoms with Gasteiger partial charge in [0.25, 0.3) is 0 Å². The molecule has 0 saturated carbocycles. The van der Waals surface area contributed by atoms with Crippen LogP contribution in [0.4, 0.5) is 0 Å². The molecule has 1 N–H and O–H groups in total. The van der Waals surface area contributed by atoms with Crippen LogP contribution in [-0.2, 0) is 9.53 Å². The summed E-state index contributed by atoms with van der Waals surface area (Å²) in [4.78, 5) is 10.0. The first-order valence-electron chi connectivity index (χ1n) is 2.46. The summed E-state index contributed by atoms with van der Waals surface area (Å²) in [6.45, 7) is 1.48. The first-order chi connectivity index (χ1) is 4.18. The highest BCUT2D eigenvalue weighted by Gasteiger charge is 2.08. The zero-order valence-corrected chi connectivity index (χ0v) is 5.13. The zero-order chi connectivity index (χ0) is 7.28. The largest absolute Gasteiger partial charge is 0.479 e. The summed E-state index contributed by atoms with van der Waals surface area (Å²) in [6.07, 6.45) is 4.00. The van der Waals surface area contributed by atoms with Gasteiger partial charge in [-0.25, -0.2) is 4.79 Å². The molecule has 0 aliphatic carbocycles. The molecule has 0 heterocycles. The number of carboxylic acids is 1. The monoisotopic (exact) mass is 128 g/mol. The van der Waals surface area contributed by atoms with Crippen molar-refractivity contribution in [3.05, 3.63) is 0 Å². The van der Waals surface area contributed by atoms with E-state index in [0.717, 1.165) is 0 Å². The third kappa shape index (κ3) is 3.56. The summed E-state index contributed by atoms with van der Waals surface area (Å²) in [5.74, 6) is 1.17. The minimum Gasteiger partial charge on any atom is -0.479 e. The predicted octanol–water partition coefficient (Wildman–Crippen LogP) is 0.109. The van der Waals surface area contributed by atoms with E-state index in [2.05, 4.69) is 10.7 Å². The first-order valence-corrected chi connectivity index (χ1v) is 2.46. The molecule has 0 aromatic carbocycles. The third-order valence-corrected chi connectivity index (χ3v) is 0.764. The van der Waals surface area contributed by atoms with Crippen molar-refractivity contribution in [2.75, 3.05) is 6.61 Å². The van der Waals surface area contributed by atoms with E-state index in [1.54, 1.807) is 0 Å². The van der Waals surface area contributed by atoms with Gasteiger partial charge in [0.05, 0.1) is 0 Å². The van der Waals surface area contributed by atoms with Crippen molar-refractivity contribution >= 4 is 5.97 Å². The van der Waals surface area contributed by atoms with Crippen molar-refractivity contribution in [1.29, 1.82) is 0 Å². The number of hydrogen-bond acceptors (Lipinski definition) is 2. The van der Waals surface area contributed by atoms with Gasteiger partial charge >= 0.3 is 5.97 Å². The van der Waals surface area contributed by atoms with E-state index >= 15 is 0 Å². The number of carboxylic acid groups (broad SMARTS) is 1. The molecule has 50 valence electrons. The van der Waals surface area contributed by atoms with E-state index in [9.17, 15) is 4.79 Å². The highest BCUT2D eigenvalue weighted by atomic mass is 16.5.